The van der Waals surface area contributed by atoms with Crippen molar-refractivity contribution in [2.75, 3.05) is 6.54 Å². The fraction of sp³-hybridized carbons (Fsp3) is 0.944. The summed E-state index contributed by atoms with van der Waals surface area (Å²) >= 11 is 0. The number of hydrogen-bond donors (Lipinski definition) is 1. The van der Waals surface area contributed by atoms with Crippen molar-refractivity contribution >= 4 is 5.91 Å². The van der Waals surface area contributed by atoms with Gasteiger partial charge < -0.3 is 10.6 Å². The van der Waals surface area contributed by atoms with E-state index in [0.29, 0.717) is 29.8 Å². The maximum atomic E-state index is 13.1. The van der Waals surface area contributed by atoms with Gasteiger partial charge in [0.05, 0.1) is 0 Å². The Morgan fingerprint density at radius 1 is 1.05 bits per heavy atom. The van der Waals surface area contributed by atoms with Crippen LogP contribution in [0.2, 0.25) is 0 Å². The number of carbonyl (C=O) groups excluding carboxylic acids is 1. The van der Waals surface area contributed by atoms with E-state index >= 15 is 0 Å². The van der Waals surface area contributed by atoms with Crippen molar-refractivity contribution in [3.8, 4) is 0 Å². The van der Waals surface area contributed by atoms with Gasteiger partial charge in [-0.15, -0.1) is 0 Å². The number of hydrogen-bond acceptors (Lipinski definition) is 2. The van der Waals surface area contributed by atoms with E-state index in [2.05, 4.69) is 11.8 Å². The van der Waals surface area contributed by atoms with Gasteiger partial charge in [-0.05, 0) is 56.8 Å². The smallest absolute Gasteiger partial charge is 0.225 e. The van der Waals surface area contributed by atoms with Crippen LogP contribution in [0.5, 0.6) is 0 Å². The summed E-state index contributed by atoms with van der Waals surface area (Å²) in [4.78, 5) is 15.4. The molecular weight excluding hydrogens is 260 g/mol. The highest BCUT2D eigenvalue weighted by Crippen LogP contribution is 2.42. The zero-order valence-corrected chi connectivity index (χ0v) is 13.6. The SMILES string of the molecule is CCC1CCCCCN1C(=O)C1CC2CCCC(C1)C2N. The van der Waals surface area contributed by atoms with E-state index in [1.165, 1.54) is 44.9 Å². The Labute approximate surface area is 129 Å². The van der Waals surface area contributed by atoms with Gasteiger partial charge in [-0.3, -0.25) is 4.79 Å². The second-order valence-electron chi connectivity index (χ2n) is 7.64. The lowest BCUT2D eigenvalue weighted by Gasteiger charge is -2.45. The first-order valence-corrected chi connectivity index (χ1v) is 9.26. The van der Waals surface area contributed by atoms with E-state index in [1.807, 2.05) is 0 Å². The zero-order valence-electron chi connectivity index (χ0n) is 13.6. The Morgan fingerprint density at radius 3 is 2.43 bits per heavy atom. The molecule has 0 radical (unpaired) electrons. The number of amides is 1. The Bertz CT molecular complexity index is 356. The molecule has 1 aliphatic heterocycles. The number of likely N-dealkylation sites (tertiary alicyclic amines) is 1. The monoisotopic (exact) mass is 292 g/mol. The highest BCUT2D eigenvalue weighted by atomic mass is 16.2. The molecule has 3 nitrogen and oxygen atoms in total. The van der Waals surface area contributed by atoms with Crippen LogP contribution in [0.1, 0.15) is 71.1 Å². The van der Waals surface area contributed by atoms with Crippen LogP contribution < -0.4 is 5.73 Å². The van der Waals surface area contributed by atoms with Crippen molar-refractivity contribution in [3.05, 3.63) is 0 Å². The molecule has 3 atom stereocenters. The molecular formula is C18H32N2O. The predicted octanol–water partition coefficient (Wildman–Crippen LogP) is 3.32. The molecule has 1 amide bonds. The van der Waals surface area contributed by atoms with Gasteiger partial charge in [-0.1, -0.05) is 26.2 Å². The predicted molar refractivity (Wildman–Crippen MR) is 85.8 cm³/mol. The quantitative estimate of drug-likeness (QED) is 0.848. The lowest BCUT2D eigenvalue weighted by atomic mass is 9.65. The summed E-state index contributed by atoms with van der Waals surface area (Å²) in [6.07, 6.45) is 12.0. The molecule has 2 bridgehead atoms. The molecule has 2 saturated carbocycles. The first kappa shape index (κ1) is 15.3. The second kappa shape index (κ2) is 6.68. The van der Waals surface area contributed by atoms with E-state index in [4.69, 9.17) is 5.73 Å². The summed E-state index contributed by atoms with van der Waals surface area (Å²) < 4.78 is 0. The number of rotatable bonds is 2. The summed E-state index contributed by atoms with van der Waals surface area (Å²) in [7, 11) is 0. The largest absolute Gasteiger partial charge is 0.339 e. The first-order valence-electron chi connectivity index (χ1n) is 9.26. The van der Waals surface area contributed by atoms with E-state index in [0.717, 1.165) is 25.8 Å². The molecule has 3 unspecified atom stereocenters. The van der Waals surface area contributed by atoms with Gasteiger partial charge in [0.2, 0.25) is 5.91 Å². The molecule has 0 aromatic rings. The van der Waals surface area contributed by atoms with Crippen molar-refractivity contribution < 1.29 is 4.79 Å². The second-order valence-corrected chi connectivity index (χ2v) is 7.64. The summed E-state index contributed by atoms with van der Waals surface area (Å²) in [6.45, 7) is 3.23. The molecule has 3 rings (SSSR count). The summed E-state index contributed by atoms with van der Waals surface area (Å²) in [5, 5.41) is 0. The van der Waals surface area contributed by atoms with E-state index in [1.54, 1.807) is 0 Å². The topological polar surface area (TPSA) is 46.3 Å². The van der Waals surface area contributed by atoms with Crippen molar-refractivity contribution in [2.45, 2.75) is 83.2 Å². The molecule has 3 fully saturated rings. The lowest BCUT2D eigenvalue weighted by molar-refractivity contribution is -0.141. The Morgan fingerprint density at radius 2 is 1.76 bits per heavy atom. The van der Waals surface area contributed by atoms with Gasteiger partial charge in [0.25, 0.3) is 0 Å². The maximum absolute atomic E-state index is 13.1. The Balaban J connectivity index is 1.69. The van der Waals surface area contributed by atoms with Crippen molar-refractivity contribution in [1.29, 1.82) is 0 Å². The molecule has 0 spiro atoms. The van der Waals surface area contributed by atoms with Gasteiger partial charge in [0, 0.05) is 24.5 Å². The molecule has 120 valence electrons. The summed E-state index contributed by atoms with van der Waals surface area (Å²) in [6, 6.07) is 0.865. The number of nitrogens with zero attached hydrogens (tertiary/aromatic N) is 1. The zero-order chi connectivity index (χ0) is 14.8. The molecule has 2 aliphatic carbocycles. The normalized spacial score (nSPS) is 40.7. The average molecular weight is 292 g/mol. The average Bonchev–Trinajstić information content (AvgIpc) is 2.71. The maximum Gasteiger partial charge on any atom is 0.225 e. The highest BCUT2D eigenvalue weighted by molar-refractivity contribution is 5.79. The van der Waals surface area contributed by atoms with E-state index in [9.17, 15) is 4.79 Å². The third-order valence-electron chi connectivity index (χ3n) is 6.39. The van der Waals surface area contributed by atoms with Crippen molar-refractivity contribution in [1.82, 2.24) is 4.90 Å². The minimum absolute atomic E-state index is 0.271. The fourth-order valence-corrected chi connectivity index (χ4v) is 5.12. The fourth-order valence-electron chi connectivity index (χ4n) is 5.12. The van der Waals surface area contributed by atoms with Crippen molar-refractivity contribution in [2.24, 2.45) is 23.5 Å². The summed E-state index contributed by atoms with van der Waals surface area (Å²) in [5.74, 6) is 1.96. The van der Waals surface area contributed by atoms with Crippen LogP contribution in [0.3, 0.4) is 0 Å². The molecule has 1 heterocycles. The van der Waals surface area contributed by atoms with Gasteiger partial charge >= 0.3 is 0 Å². The lowest BCUT2D eigenvalue weighted by Crippen LogP contribution is -2.51. The third-order valence-corrected chi connectivity index (χ3v) is 6.39. The van der Waals surface area contributed by atoms with Crippen LogP contribution in [0.25, 0.3) is 0 Å². The van der Waals surface area contributed by atoms with Crippen LogP contribution in [0, 0.1) is 17.8 Å². The number of nitrogens with two attached hydrogens (primary N) is 1. The minimum Gasteiger partial charge on any atom is -0.339 e. The van der Waals surface area contributed by atoms with E-state index < -0.39 is 0 Å². The molecule has 3 aliphatic rings. The molecule has 0 aromatic carbocycles. The third kappa shape index (κ3) is 3.13. The van der Waals surface area contributed by atoms with Crippen LogP contribution >= 0.6 is 0 Å². The number of carbonyl (C=O) groups is 1. The van der Waals surface area contributed by atoms with Gasteiger partial charge in [0.15, 0.2) is 0 Å². The highest BCUT2D eigenvalue weighted by Gasteiger charge is 2.42. The molecule has 0 aromatic heterocycles. The minimum atomic E-state index is 0.271. The molecule has 3 heteroatoms. The molecule has 1 saturated heterocycles. The van der Waals surface area contributed by atoms with Crippen LogP contribution in [-0.2, 0) is 4.79 Å². The van der Waals surface area contributed by atoms with E-state index in [-0.39, 0.29) is 5.92 Å². The van der Waals surface area contributed by atoms with Crippen molar-refractivity contribution in [3.63, 3.8) is 0 Å². The van der Waals surface area contributed by atoms with Gasteiger partial charge in [0.1, 0.15) is 0 Å². The van der Waals surface area contributed by atoms with Gasteiger partial charge in [-0.25, -0.2) is 0 Å². The Kier molecular flexibility index (Phi) is 4.88. The Hall–Kier alpha value is -0.570. The molecule has 2 N–H and O–H groups in total. The summed E-state index contributed by atoms with van der Waals surface area (Å²) in [5.41, 5.74) is 6.38. The van der Waals surface area contributed by atoms with Crippen LogP contribution in [0.15, 0.2) is 0 Å². The van der Waals surface area contributed by atoms with Crippen LogP contribution in [0.4, 0.5) is 0 Å². The first-order chi connectivity index (χ1) is 10.2. The van der Waals surface area contributed by atoms with Gasteiger partial charge in [-0.2, -0.15) is 0 Å². The molecule has 21 heavy (non-hydrogen) atoms. The number of fused-ring (bicyclic) bond motifs is 2. The standard InChI is InChI=1S/C18H32N2O/c1-2-16-9-4-3-5-10-20(16)18(21)15-11-13-7-6-8-14(12-15)17(13)19/h13-17H,2-12,19H2,1H3. The van der Waals surface area contributed by atoms with Crippen LogP contribution in [-0.4, -0.2) is 29.4 Å².